The topological polar surface area (TPSA) is 75.7 Å². The second-order valence-corrected chi connectivity index (χ2v) is 4.41. The lowest BCUT2D eigenvalue weighted by Gasteiger charge is -2.25. The van der Waals surface area contributed by atoms with Gasteiger partial charge in [0.1, 0.15) is 6.54 Å². The van der Waals surface area contributed by atoms with Crippen molar-refractivity contribution in [2.45, 2.75) is 19.0 Å². The number of methoxy groups -OCH3 is 1. The molecule has 0 aliphatic carbocycles. The first-order valence-electron chi connectivity index (χ1n) is 5.92. The molecule has 0 aromatic rings. The minimum absolute atomic E-state index is 0.0181. The molecule has 0 aromatic heterocycles. The van der Waals surface area contributed by atoms with Gasteiger partial charge in [-0.25, -0.2) is 0 Å². The van der Waals surface area contributed by atoms with E-state index >= 15 is 0 Å². The summed E-state index contributed by atoms with van der Waals surface area (Å²) in [4.78, 5) is 34.5. The molecular formula is C11H15F3N2O4. The van der Waals surface area contributed by atoms with Gasteiger partial charge in [-0.1, -0.05) is 0 Å². The Morgan fingerprint density at radius 1 is 1.45 bits per heavy atom. The standard InChI is InChI=1S/C11H15F3N2O4/c1-20-9(18)2-3-16(6-11(12,13)14)10(19)7-4-8(17)15-5-7/h7H,2-6H2,1H3,(H,15,17). The van der Waals surface area contributed by atoms with E-state index in [-0.39, 0.29) is 25.3 Å². The van der Waals surface area contributed by atoms with Gasteiger partial charge >= 0.3 is 12.1 Å². The highest BCUT2D eigenvalue weighted by molar-refractivity contribution is 5.89. The van der Waals surface area contributed by atoms with Crippen molar-refractivity contribution in [1.29, 1.82) is 0 Å². The number of amides is 2. The van der Waals surface area contributed by atoms with E-state index in [9.17, 15) is 27.6 Å². The molecule has 1 atom stereocenters. The summed E-state index contributed by atoms with van der Waals surface area (Å²) in [6, 6.07) is 0. The maximum atomic E-state index is 12.4. The van der Waals surface area contributed by atoms with E-state index in [1.54, 1.807) is 0 Å². The van der Waals surface area contributed by atoms with Gasteiger partial charge < -0.3 is 15.0 Å². The molecule has 1 N–H and O–H groups in total. The smallest absolute Gasteiger partial charge is 0.406 e. The normalized spacial score (nSPS) is 18.6. The Morgan fingerprint density at radius 2 is 2.10 bits per heavy atom. The number of alkyl halides is 3. The Bertz CT molecular complexity index is 398. The van der Waals surface area contributed by atoms with Crippen LogP contribution in [0.5, 0.6) is 0 Å². The first-order valence-corrected chi connectivity index (χ1v) is 5.92. The highest BCUT2D eigenvalue weighted by Gasteiger charge is 2.37. The molecule has 1 saturated heterocycles. The molecule has 1 heterocycles. The number of carbonyl (C=O) groups excluding carboxylic acids is 3. The van der Waals surface area contributed by atoms with Crippen molar-refractivity contribution in [2.24, 2.45) is 5.92 Å². The number of rotatable bonds is 5. The first kappa shape index (κ1) is 16.3. The Hall–Kier alpha value is -1.80. The molecular weight excluding hydrogens is 281 g/mol. The number of hydrogen-bond acceptors (Lipinski definition) is 4. The van der Waals surface area contributed by atoms with Crippen molar-refractivity contribution in [2.75, 3.05) is 26.7 Å². The lowest BCUT2D eigenvalue weighted by Crippen LogP contribution is -2.43. The van der Waals surface area contributed by atoms with Crippen LogP contribution in [0.4, 0.5) is 13.2 Å². The number of hydrogen-bond donors (Lipinski definition) is 1. The van der Waals surface area contributed by atoms with Crippen LogP contribution in [-0.4, -0.2) is 55.6 Å². The van der Waals surface area contributed by atoms with Crippen LogP contribution in [0.15, 0.2) is 0 Å². The number of halogens is 3. The molecule has 2 amide bonds. The average molecular weight is 296 g/mol. The van der Waals surface area contributed by atoms with Gasteiger partial charge in [0.25, 0.3) is 0 Å². The van der Waals surface area contributed by atoms with E-state index in [2.05, 4.69) is 10.1 Å². The minimum Gasteiger partial charge on any atom is -0.469 e. The van der Waals surface area contributed by atoms with Crippen LogP contribution in [-0.2, 0) is 19.1 Å². The molecule has 1 aliphatic rings. The summed E-state index contributed by atoms with van der Waals surface area (Å²) in [6.45, 7) is -1.83. The Morgan fingerprint density at radius 3 is 2.55 bits per heavy atom. The largest absolute Gasteiger partial charge is 0.469 e. The fourth-order valence-electron chi connectivity index (χ4n) is 1.85. The van der Waals surface area contributed by atoms with Crippen LogP contribution < -0.4 is 5.32 Å². The van der Waals surface area contributed by atoms with Crippen LogP contribution in [0.25, 0.3) is 0 Å². The molecule has 0 bridgehead atoms. The molecule has 0 saturated carbocycles. The molecule has 1 unspecified atom stereocenters. The summed E-state index contributed by atoms with van der Waals surface area (Å²) in [7, 11) is 1.11. The van der Waals surface area contributed by atoms with Crippen LogP contribution in [0.1, 0.15) is 12.8 Å². The predicted octanol–water partition coefficient (Wildman–Crippen LogP) is 0.0765. The van der Waals surface area contributed by atoms with Crippen molar-refractivity contribution in [3.8, 4) is 0 Å². The molecule has 0 aromatic carbocycles. The number of nitrogens with one attached hydrogen (secondary N) is 1. The van der Waals surface area contributed by atoms with Gasteiger partial charge in [-0.15, -0.1) is 0 Å². The zero-order valence-corrected chi connectivity index (χ0v) is 10.8. The van der Waals surface area contributed by atoms with Gasteiger partial charge in [-0.2, -0.15) is 13.2 Å². The first-order chi connectivity index (χ1) is 9.23. The number of nitrogens with zero attached hydrogens (tertiary/aromatic N) is 1. The van der Waals surface area contributed by atoms with Crippen LogP contribution in [0.2, 0.25) is 0 Å². The summed E-state index contributed by atoms with van der Waals surface area (Å²) in [5, 5.41) is 2.38. The van der Waals surface area contributed by atoms with E-state index in [1.807, 2.05) is 0 Å². The maximum Gasteiger partial charge on any atom is 0.406 e. The lowest BCUT2D eigenvalue weighted by molar-refractivity contribution is -0.164. The molecule has 0 spiro atoms. The fraction of sp³-hybridized carbons (Fsp3) is 0.727. The summed E-state index contributed by atoms with van der Waals surface area (Å²) >= 11 is 0. The third-order valence-electron chi connectivity index (χ3n) is 2.82. The minimum atomic E-state index is -4.57. The third-order valence-corrected chi connectivity index (χ3v) is 2.82. The predicted molar refractivity (Wildman–Crippen MR) is 60.4 cm³/mol. The van der Waals surface area contributed by atoms with Crippen molar-refractivity contribution in [3.63, 3.8) is 0 Å². The summed E-state index contributed by atoms with van der Waals surface area (Å²) in [5.41, 5.74) is 0. The highest BCUT2D eigenvalue weighted by Crippen LogP contribution is 2.20. The molecule has 9 heteroatoms. The van der Waals surface area contributed by atoms with E-state index in [0.717, 1.165) is 7.11 Å². The quantitative estimate of drug-likeness (QED) is 0.729. The van der Waals surface area contributed by atoms with Crippen LogP contribution in [0, 0.1) is 5.92 Å². The number of carbonyl (C=O) groups is 3. The van der Waals surface area contributed by atoms with Gasteiger partial charge in [0.15, 0.2) is 0 Å². The van der Waals surface area contributed by atoms with Gasteiger partial charge in [-0.05, 0) is 0 Å². The van der Waals surface area contributed by atoms with E-state index in [1.165, 1.54) is 0 Å². The maximum absolute atomic E-state index is 12.4. The van der Waals surface area contributed by atoms with E-state index < -0.39 is 37.1 Å². The van der Waals surface area contributed by atoms with Gasteiger partial charge in [0.05, 0.1) is 19.4 Å². The van der Waals surface area contributed by atoms with E-state index in [0.29, 0.717) is 4.90 Å². The van der Waals surface area contributed by atoms with Crippen molar-refractivity contribution in [3.05, 3.63) is 0 Å². The molecule has 0 radical (unpaired) electrons. The third kappa shape index (κ3) is 5.06. The Kier molecular flexibility index (Phi) is 5.34. The van der Waals surface area contributed by atoms with Gasteiger partial charge in [0.2, 0.25) is 11.8 Å². The van der Waals surface area contributed by atoms with Crippen molar-refractivity contribution in [1.82, 2.24) is 10.2 Å². The Balaban J connectivity index is 2.67. The van der Waals surface area contributed by atoms with Crippen molar-refractivity contribution < 1.29 is 32.3 Å². The zero-order chi connectivity index (χ0) is 15.3. The lowest BCUT2D eigenvalue weighted by atomic mass is 10.1. The molecule has 6 nitrogen and oxygen atoms in total. The van der Waals surface area contributed by atoms with E-state index in [4.69, 9.17) is 0 Å². The summed E-state index contributed by atoms with van der Waals surface area (Å²) < 4.78 is 41.7. The number of ether oxygens (including phenoxy) is 1. The molecule has 1 rings (SSSR count). The van der Waals surface area contributed by atoms with Gasteiger partial charge in [-0.3, -0.25) is 14.4 Å². The highest BCUT2D eigenvalue weighted by atomic mass is 19.4. The van der Waals surface area contributed by atoms with Crippen LogP contribution >= 0.6 is 0 Å². The number of esters is 1. The monoisotopic (exact) mass is 296 g/mol. The summed E-state index contributed by atoms with van der Waals surface area (Å²) in [6.07, 6.45) is -5.03. The Labute approximate surface area is 113 Å². The molecule has 1 fully saturated rings. The molecule has 20 heavy (non-hydrogen) atoms. The average Bonchev–Trinajstić information content (AvgIpc) is 2.78. The summed E-state index contributed by atoms with van der Waals surface area (Å²) in [5.74, 6) is -2.68. The van der Waals surface area contributed by atoms with Crippen molar-refractivity contribution >= 4 is 17.8 Å². The SMILES string of the molecule is COC(=O)CCN(CC(F)(F)F)C(=O)C1CNC(=O)C1. The van der Waals surface area contributed by atoms with Crippen LogP contribution in [0.3, 0.4) is 0 Å². The second-order valence-electron chi connectivity index (χ2n) is 4.41. The van der Waals surface area contributed by atoms with Gasteiger partial charge in [0, 0.05) is 19.5 Å². The zero-order valence-electron chi connectivity index (χ0n) is 10.8. The second kappa shape index (κ2) is 6.58. The fourth-order valence-corrected chi connectivity index (χ4v) is 1.85. The molecule has 1 aliphatic heterocycles. The molecule has 114 valence electrons.